The maximum atomic E-state index is 12.3. The van der Waals surface area contributed by atoms with Crippen molar-refractivity contribution in [3.05, 3.63) is 59.2 Å². The molecule has 4 heteroatoms. The van der Waals surface area contributed by atoms with Crippen molar-refractivity contribution in [1.29, 1.82) is 0 Å². The second-order valence-electron chi connectivity index (χ2n) is 7.24. The highest BCUT2D eigenvalue weighted by Gasteiger charge is 2.15. The molecule has 146 valence electrons. The molecule has 0 saturated carbocycles. The van der Waals surface area contributed by atoms with Gasteiger partial charge in [0, 0.05) is 6.54 Å². The first-order chi connectivity index (χ1) is 12.8. The number of rotatable bonds is 9. The van der Waals surface area contributed by atoms with E-state index in [-0.39, 0.29) is 12.0 Å². The van der Waals surface area contributed by atoms with Gasteiger partial charge in [-0.1, -0.05) is 24.3 Å². The monoisotopic (exact) mass is 369 g/mol. The van der Waals surface area contributed by atoms with Gasteiger partial charge in [-0.15, -0.1) is 0 Å². The topological polar surface area (TPSA) is 47.6 Å². The van der Waals surface area contributed by atoms with E-state index in [0.29, 0.717) is 6.54 Å². The van der Waals surface area contributed by atoms with Crippen LogP contribution >= 0.6 is 0 Å². The van der Waals surface area contributed by atoms with E-state index in [4.69, 9.17) is 9.47 Å². The molecule has 0 aliphatic rings. The molecule has 0 spiro atoms. The van der Waals surface area contributed by atoms with Gasteiger partial charge in [-0.05, 0) is 82.3 Å². The maximum Gasteiger partial charge on any atom is 0.260 e. The Morgan fingerprint density at radius 1 is 1.04 bits per heavy atom. The molecule has 0 aromatic heterocycles. The Balaban J connectivity index is 1.76. The summed E-state index contributed by atoms with van der Waals surface area (Å²) in [6, 6.07) is 14.1. The van der Waals surface area contributed by atoms with E-state index in [9.17, 15) is 4.79 Å². The van der Waals surface area contributed by atoms with Gasteiger partial charge in [0.1, 0.15) is 11.5 Å². The van der Waals surface area contributed by atoms with Crippen molar-refractivity contribution >= 4 is 5.91 Å². The van der Waals surface area contributed by atoms with Gasteiger partial charge in [-0.25, -0.2) is 0 Å². The standard InChI is InChI=1S/C23H31NO3/c1-16(2)26-21-10-6-8-20(15-21)9-7-13-24-23(25)19(5)27-22-14-17(3)11-12-18(22)4/h6,8,10-12,14-16,19H,7,9,13H2,1-5H3,(H,24,25)/t19-/m1/s1. The highest BCUT2D eigenvalue weighted by Crippen LogP contribution is 2.20. The van der Waals surface area contributed by atoms with E-state index in [0.717, 1.165) is 35.5 Å². The lowest BCUT2D eigenvalue weighted by Crippen LogP contribution is -2.37. The molecule has 1 amide bonds. The summed E-state index contributed by atoms with van der Waals surface area (Å²) in [5, 5.41) is 2.96. The molecule has 0 fully saturated rings. The Morgan fingerprint density at radius 2 is 1.81 bits per heavy atom. The molecule has 0 heterocycles. The van der Waals surface area contributed by atoms with Crippen LogP contribution < -0.4 is 14.8 Å². The first-order valence-electron chi connectivity index (χ1n) is 9.62. The number of carbonyl (C=O) groups excluding carboxylic acids is 1. The van der Waals surface area contributed by atoms with E-state index >= 15 is 0 Å². The molecule has 27 heavy (non-hydrogen) atoms. The van der Waals surface area contributed by atoms with Crippen LogP contribution in [0.2, 0.25) is 0 Å². The molecule has 2 aromatic rings. The Hall–Kier alpha value is -2.49. The third kappa shape index (κ3) is 6.97. The molecular formula is C23H31NO3. The van der Waals surface area contributed by atoms with Gasteiger partial charge in [0.15, 0.2) is 6.10 Å². The minimum atomic E-state index is -0.520. The fourth-order valence-electron chi connectivity index (χ4n) is 2.77. The van der Waals surface area contributed by atoms with Crippen LogP contribution in [0, 0.1) is 13.8 Å². The van der Waals surface area contributed by atoms with E-state index in [1.807, 2.05) is 58.0 Å². The largest absolute Gasteiger partial charge is 0.491 e. The number of hydrogen-bond acceptors (Lipinski definition) is 3. The summed E-state index contributed by atoms with van der Waals surface area (Å²) in [5.74, 6) is 1.56. The second-order valence-corrected chi connectivity index (χ2v) is 7.24. The van der Waals surface area contributed by atoms with Crippen molar-refractivity contribution < 1.29 is 14.3 Å². The average molecular weight is 370 g/mol. The minimum Gasteiger partial charge on any atom is -0.491 e. The lowest BCUT2D eigenvalue weighted by molar-refractivity contribution is -0.127. The van der Waals surface area contributed by atoms with Crippen molar-refractivity contribution in [3.63, 3.8) is 0 Å². The molecule has 1 N–H and O–H groups in total. The molecule has 0 aliphatic carbocycles. The van der Waals surface area contributed by atoms with E-state index in [2.05, 4.69) is 17.4 Å². The summed E-state index contributed by atoms with van der Waals surface area (Å²) in [7, 11) is 0. The van der Waals surface area contributed by atoms with Crippen molar-refractivity contribution in [3.8, 4) is 11.5 Å². The summed E-state index contributed by atoms with van der Waals surface area (Å²) in [6.07, 6.45) is 1.40. The van der Waals surface area contributed by atoms with Crippen LogP contribution in [0.25, 0.3) is 0 Å². The van der Waals surface area contributed by atoms with E-state index < -0.39 is 6.10 Å². The quantitative estimate of drug-likeness (QED) is 0.657. The van der Waals surface area contributed by atoms with Gasteiger partial charge in [0.25, 0.3) is 5.91 Å². The number of hydrogen-bond donors (Lipinski definition) is 1. The summed E-state index contributed by atoms with van der Waals surface area (Å²) in [5.41, 5.74) is 3.36. The normalized spacial score (nSPS) is 11.9. The predicted octanol–water partition coefficient (Wildman–Crippen LogP) is 4.61. The smallest absolute Gasteiger partial charge is 0.260 e. The van der Waals surface area contributed by atoms with Gasteiger partial charge >= 0.3 is 0 Å². The van der Waals surface area contributed by atoms with Gasteiger partial charge in [0.2, 0.25) is 0 Å². The Bertz CT molecular complexity index is 755. The molecular weight excluding hydrogens is 338 g/mol. The van der Waals surface area contributed by atoms with Crippen LogP contribution in [-0.2, 0) is 11.2 Å². The van der Waals surface area contributed by atoms with Crippen LogP contribution in [0.3, 0.4) is 0 Å². The van der Waals surface area contributed by atoms with E-state index in [1.165, 1.54) is 5.56 Å². The number of carbonyl (C=O) groups is 1. The highest BCUT2D eigenvalue weighted by molar-refractivity contribution is 5.80. The first kappa shape index (κ1) is 20.8. The van der Waals surface area contributed by atoms with Crippen LogP contribution in [0.1, 0.15) is 43.9 Å². The minimum absolute atomic E-state index is 0.0900. The van der Waals surface area contributed by atoms with Crippen molar-refractivity contribution in [2.24, 2.45) is 0 Å². The second kappa shape index (κ2) is 10.0. The zero-order chi connectivity index (χ0) is 19.8. The fraction of sp³-hybridized carbons (Fsp3) is 0.435. The number of aryl methyl sites for hydroxylation is 3. The lowest BCUT2D eigenvalue weighted by atomic mass is 10.1. The molecule has 2 rings (SSSR count). The van der Waals surface area contributed by atoms with Crippen LogP contribution in [0.5, 0.6) is 11.5 Å². The molecule has 0 bridgehead atoms. The molecule has 0 radical (unpaired) electrons. The maximum absolute atomic E-state index is 12.3. The molecule has 0 unspecified atom stereocenters. The molecule has 2 aromatic carbocycles. The van der Waals surface area contributed by atoms with Crippen molar-refractivity contribution in [1.82, 2.24) is 5.32 Å². The SMILES string of the molecule is Cc1ccc(C)c(O[C@H](C)C(=O)NCCCc2cccc(OC(C)C)c2)c1. The van der Waals surface area contributed by atoms with Crippen LogP contribution in [0.4, 0.5) is 0 Å². The number of nitrogens with one attached hydrogen (secondary N) is 1. The molecule has 1 atom stereocenters. The number of ether oxygens (including phenoxy) is 2. The van der Waals surface area contributed by atoms with Gasteiger partial charge in [-0.3, -0.25) is 4.79 Å². The molecule has 4 nitrogen and oxygen atoms in total. The Labute approximate surface area is 162 Å². The molecule has 0 aliphatic heterocycles. The third-order valence-electron chi connectivity index (χ3n) is 4.23. The van der Waals surface area contributed by atoms with Crippen LogP contribution in [0.15, 0.2) is 42.5 Å². The van der Waals surface area contributed by atoms with Crippen molar-refractivity contribution in [2.45, 2.75) is 59.7 Å². The third-order valence-corrected chi connectivity index (χ3v) is 4.23. The van der Waals surface area contributed by atoms with Gasteiger partial charge < -0.3 is 14.8 Å². The fourth-order valence-corrected chi connectivity index (χ4v) is 2.77. The van der Waals surface area contributed by atoms with Gasteiger partial charge in [0.05, 0.1) is 6.10 Å². The Morgan fingerprint density at radius 3 is 2.56 bits per heavy atom. The Kier molecular flexibility index (Phi) is 7.71. The van der Waals surface area contributed by atoms with Gasteiger partial charge in [-0.2, -0.15) is 0 Å². The summed E-state index contributed by atoms with van der Waals surface area (Å²) in [6.45, 7) is 10.4. The van der Waals surface area contributed by atoms with E-state index in [1.54, 1.807) is 6.92 Å². The zero-order valence-electron chi connectivity index (χ0n) is 17.0. The number of benzene rings is 2. The number of amides is 1. The summed E-state index contributed by atoms with van der Waals surface area (Å²) < 4.78 is 11.5. The van der Waals surface area contributed by atoms with Crippen LogP contribution in [-0.4, -0.2) is 24.7 Å². The average Bonchev–Trinajstić information content (AvgIpc) is 2.61. The predicted molar refractivity (Wildman–Crippen MR) is 110 cm³/mol. The zero-order valence-corrected chi connectivity index (χ0v) is 17.0. The highest BCUT2D eigenvalue weighted by atomic mass is 16.5. The first-order valence-corrected chi connectivity index (χ1v) is 9.62. The summed E-state index contributed by atoms with van der Waals surface area (Å²) >= 11 is 0. The molecule has 0 saturated heterocycles. The summed E-state index contributed by atoms with van der Waals surface area (Å²) in [4.78, 5) is 12.3. The van der Waals surface area contributed by atoms with Crippen molar-refractivity contribution in [2.75, 3.05) is 6.54 Å². The lowest BCUT2D eigenvalue weighted by Gasteiger charge is -2.17.